The zero-order chi connectivity index (χ0) is 25.8. The molecule has 0 N–H and O–H groups in total. The van der Waals surface area contributed by atoms with E-state index < -0.39 is 11.1 Å². The number of methoxy groups -OCH3 is 1. The first-order valence-electron chi connectivity index (χ1n) is 10.5. The van der Waals surface area contributed by atoms with Gasteiger partial charge in [0.1, 0.15) is 6.61 Å². The maximum absolute atomic E-state index is 13.0. The van der Waals surface area contributed by atoms with Crippen LogP contribution in [0.1, 0.15) is 22.3 Å². The van der Waals surface area contributed by atoms with Gasteiger partial charge in [-0.05, 0) is 59.3 Å². The number of imide groups is 1. The highest BCUT2D eigenvalue weighted by molar-refractivity contribution is 9.10. The quantitative estimate of drug-likeness (QED) is 0.261. The molecule has 4 rings (SSSR count). The van der Waals surface area contributed by atoms with Crippen molar-refractivity contribution in [3.63, 3.8) is 0 Å². The zero-order valence-corrected chi connectivity index (χ0v) is 22.7. The summed E-state index contributed by atoms with van der Waals surface area (Å²) in [6.07, 6.45) is 1.62. The normalized spacial score (nSPS) is 14.3. The first-order valence-corrected chi connectivity index (χ1v) is 12.8. The highest BCUT2D eigenvalue weighted by Gasteiger charge is 2.35. The monoisotopic (exact) mass is 602 g/mol. The molecule has 3 aromatic carbocycles. The second kappa shape index (κ2) is 11.4. The van der Waals surface area contributed by atoms with Gasteiger partial charge >= 0.3 is 0 Å². The summed E-state index contributed by atoms with van der Waals surface area (Å²) in [5.74, 6) is 0.479. The van der Waals surface area contributed by atoms with E-state index in [1.165, 1.54) is 7.11 Å². The molecular formula is C26H17BrCl2N2O4S. The third-order valence-electron chi connectivity index (χ3n) is 5.31. The smallest absolute Gasteiger partial charge is 0.293 e. The highest BCUT2D eigenvalue weighted by Crippen LogP contribution is 2.39. The number of carbonyl (C=O) groups excluding carboxylic acids is 2. The molecule has 1 fully saturated rings. The van der Waals surface area contributed by atoms with Gasteiger partial charge in [-0.2, -0.15) is 5.26 Å². The largest absolute Gasteiger partial charge is 0.493 e. The average molecular weight is 604 g/mol. The molecule has 0 aliphatic carbocycles. The topological polar surface area (TPSA) is 79.6 Å². The summed E-state index contributed by atoms with van der Waals surface area (Å²) in [5, 5.41) is 9.93. The first-order chi connectivity index (χ1) is 17.3. The summed E-state index contributed by atoms with van der Waals surface area (Å²) in [6, 6.07) is 17.6. The second-order valence-corrected chi connectivity index (χ2v) is 10.3. The summed E-state index contributed by atoms with van der Waals surface area (Å²) in [5.41, 5.74) is 2.42. The number of ether oxygens (including phenoxy) is 2. The van der Waals surface area contributed by atoms with Gasteiger partial charge in [-0.3, -0.25) is 14.5 Å². The van der Waals surface area contributed by atoms with Crippen LogP contribution in [0.25, 0.3) is 6.08 Å². The lowest BCUT2D eigenvalue weighted by Gasteiger charge is -2.14. The van der Waals surface area contributed by atoms with Gasteiger partial charge in [-0.15, -0.1) is 0 Å². The number of halogens is 3. The van der Waals surface area contributed by atoms with E-state index in [1.54, 1.807) is 60.7 Å². The predicted molar refractivity (Wildman–Crippen MR) is 144 cm³/mol. The molecule has 1 heterocycles. The number of amides is 2. The Labute approximate surface area is 230 Å². The van der Waals surface area contributed by atoms with Crippen molar-refractivity contribution in [3.05, 3.63) is 96.3 Å². The summed E-state index contributed by atoms with van der Waals surface area (Å²) < 4.78 is 12.0. The van der Waals surface area contributed by atoms with E-state index >= 15 is 0 Å². The Morgan fingerprint density at radius 2 is 1.86 bits per heavy atom. The number of benzene rings is 3. The zero-order valence-electron chi connectivity index (χ0n) is 18.8. The molecule has 1 aliphatic rings. The molecule has 1 saturated heterocycles. The Morgan fingerprint density at radius 3 is 2.58 bits per heavy atom. The lowest BCUT2D eigenvalue weighted by atomic mass is 10.1. The Balaban J connectivity index is 1.55. The first kappa shape index (κ1) is 26.1. The molecule has 6 nitrogen and oxygen atoms in total. The van der Waals surface area contributed by atoms with Crippen molar-refractivity contribution in [2.75, 3.05) is 7.11 Å². The molecule has 182 valence electrons. The predicted octanol–water partition coefficient (Wildman–Crippen LogP) is 7.45. The SMILES string of the molecule is COc1cc(/C=C2/SC(=O)N(Cc3ccccc3C#N)C2=O)c(Br)cc1OCc1ccc(Cl)cc1Cl. The molecule has 3 aromatic rings. The van der Waals surface area contributed by atoms with Crippen molar-refractivity contribution < 1.29 is 19.1 Å². The fourth-order valence-electron chi connectivity index (χ4n) is 3.44. The fourth-order valence-corrected chi connectivity index (χ4v) is 5.17. The van der Waals surface area contributed by atoms with Crippen LogP contribution in [0, 0.1) is 11.3 Å². The van der Waals surface area contributed by atoms with Gasteiger partial charge in [0.15, 0.2) is 11.5 Å². The van der Waals surface area contributed by atoms with E-state index in [1.807, 2.05) is 0 Å². The number of hydrogen-bond donors (Lipinski definition) is 0. The van der Waals surface area contributed by atoms with Crippen LogP contribution in [-0.4, -0.2) is 23.2 Å². The minimum Gasteiger partial charge on any atom is -0.493 e. The molecule has 0 radical (unpaired) electrons. The highest BCUT2D eigenvalue weighted by atomic mass is 79.9. The maximum Gasteiger partial charge on any atom is 0.293 e. The molecule has 0 bridgehead atoms. The molecule has 1 aliphatic heterocycles. The van der Waals surface area contributed by atoms with Crippen molar-refractivity contribution in [1.82, 2.24) is 4.90 Å². The van der Waals surface area contributed by atoms with Crippen LogP contribution in [0.3, 0.4) is 0 Å². The van der Waals surface area contributed by atoms with E-state index in [0.29, 0.717) is 42.7 Å². The lowest BCUT2D eigenvalue weighted by molar-refractivity contribution is -0.123. The number of nitrogens with zero attached hydrogens (tertiary/aromatic N) is 2. The summed E-state index contributed by atoms with van der Waals surface area (Å²) in [7, 11) is 1.51. The van der Waals surface area contributed by atoms with Crippen LogP contribution in [-0.2, 0) is 17.9 Å². The van der Waals surface area contributed by atoms with Gasteiger partial charge in [0.05, 0.1) is 30.2 Å². The van der Waals surface area contributed by atoms with Gasteiger partial charge in [0.2, 0.25) is 0 Å². The van der Waals surface area contributed by atoms with Crippen LogP contribution >= 0.6 is 50.9 Å². The van der Waals surface area contributed by atoms with Crippen molar-refractivity contribution in [2.45, 2.75) is 13.2 Å². The van der Waals surface area contributed by atoms with Crippen LogP contribution in [0.5, 0.6) is 11.5 Å². The van der Waals surface area contributed by atoms with Gasteiger partial charge in [-0.25, -0.2) is 0 Å². The number of carbonyl (C=O) groups is 2. The van der Waals surface area contributed by atoms with E-state index in [-0.39, 0.29) is 18.1 Å². The van der Waals surface area contributed by atoms with E-state index in [9.17, 15) is 14.9 Å². The molecule has 0 atom stereocenters. The minimum atomic E-state index is -0.429. The summed E-state index contributed by atoms with van der Waals surface area (Å²) in [4.78, 5) is 27.0. The maximum atomic E-state index is 13.0. The van der Waals surface area contributed by atoms with Crippen molar-refractivity contribution in [3.8, 4) is 17.6 Å². The van der Waals surface area contributed by atoms with Crippen molar-refractivity contribution >= 4 is 68.1 Å². The van der Waals surface area contributed by atoms with Gasteiger partial charge in [0, 0.05) is 20.1 Å². The van der Waals surface area contributed by atoms with Gasteiger partial charge < -0.3 is 9.47 Å². The summed E-state index contributed by atoms with van der Waals surface area (Å²) in [6.45, 7) is 0.220. The van der Waals surface area contributed by atoms with E-state index in [0.717, 1.165) is 22.2 Å². The number of hydrogen-bond acceptors (Lipinski definition) is 6. The molecule has 0 saturated carbocycles. The molecule has 0 unspecified atom stereocenters. The van der Waals surface area contributed by atoms with Crippen LogP contribution in [0.2, 0.25) is 10.0 Å². The molecule has 0 aromatic heterocycles. The fraction of sp³-hybridized carbons (Fsp3) is 0.115. The van der Waals surface area contributed by atoms with Crippen molar-refractivity contribution in [1.29, 1.82) is 5.26 Å². The van der Waals surface area contributed by atoms with E-state index in [2.05, 4.69) is 22.0 Å². The van der Waals surface area contributed by atoms with E-state index in [4.69, 9.17) is 32.7 Å². The summed E-state index contributed by atoms with van der Waals surface area (Å²) >= 11 is 16.5. The number of rotatable bonds is 7. The Bertz CT molecular complexity index is 1440. The third-order valence-corrected chi connectivity index (χ3v) is 7.49. The third kappa shape index (κ3) is 5.71. The number of thioether (sulfide) groups is 1. The lowest BCUT2D eigenvalue weighted by Crippen LogP contribution is -2.27. The van der Waals surface area contributed by atoms with Crippen LogP contribution < -0.4 is 9.47 Å². The number of nitriles is 1. The van der Waals surface area contributed by atoms with Crippen LogP contribution in [0.15, 0.2) is 64.0 Å². The van der Waals surface area contributed by atoms with Gasteiger partial charge in [0.25, 0.3) is 11.1 Å². The Kier molecular flexibility index (Phi) is 8.27. The minimum absolute atomic E-state index is 0.0241. The molecule has 0 spiro atoms. The van der Waals surface area contributed by atoms with Gasteiger partial charge in [-0.1, -0.05) is 63.4 Å². The van der Waals surface area contributed by atoms with Crippen molar-refractivity contribution in [2.24, 2.45) is 0 Å². The standard InChI is InChI=1S/C26H17BrCl2N2O4S/c1-34-22-8-18(20(27)11-23(22)35-14-17-6-7-19(28)10-21(17)29)9-24-25(32)31(26(33)36-24)13-16-5-3-2-4-15(16)12-30/h2-11H,13-14H2,1H3/b24-9+. The Morgan fingerprint density at radius 1 is 1.08 bits per heavy atom. The Hall–Kier alpha value is -2.96. The molecular weight excluding hydrogens is 587 g/mol. The van der Waals surface area contributed by atoms with Crippen LogP contribution in [0.4, 0.5) is 4.79 Å². The average Bonchev–Trinajstić information content (AvgIpc) is 3.12. The molecule has 2 amide bonds. The molecule has 36 heavy (non-hydrogen) atoms. The molecule has 10 heteroatoms. The second-order valence-electron chi connectivity index (χ2n) is 7.59.